The van der Waals surface area contributed by atoms with Crippen LogP contribution in [0.25, 0.3) is 0 Å². The SMILES string of the molecule is COC(=O)Cc1cccc(CN(Cc2ccc(Oc3ccccc3)cc2)S(C)(=O)=O)c1. The zero-order chi connectivity index (χ0) is 22.3. The average molecular weight is 440 g/mol. The smallest absolute Gasteiger partial charge is 0.309 e. The van der Waals surface area contributed by atoms with Crippen LogP contribution in [0.15, 0.2) is 78.9 Å². The van der Waals surface area contributed by atoms with Crippen molar-refractivity contribution in [3.8, 4) is 11.5 Å². The Kier molecular flexibility index (Phi) is 7.44. The van der Waals surface area contributed by atoms with Crippen LogP contribution >= 0.6 is 0 Å². The fraction of sp³-hybridized carbons (Fsp3) is 0.208. The summed E-state index contributed by atoms with van der Waals surface area (Å²) in [5.74, 6) is 1.08. The van der Waals surface area contributed by atoms with Crippen molar-refractivity contribution in [2.75, 3.05) is 13.4 Å². The molecule has 0 radical (unpaired) electrons. The van der Waals surface area contributed by atoms with Crippen LogP contribution in [0.2, 0.25) is 0 Å². The Morgan fingerprint density at radius 3 is 2.06 bits per heavy atom. The molecule has 6 nitrogen and oxygen atoms in total. The van der Waals surface area contributed by atoms with Gasteiger partial charge in [0.25, 0.3) is 0 Å². The summed E-state index contributed by atoms with van der Waals surface area (Å²) in [4.78, 5) is 11.5. The molecule has 3 aromatic rings. The highest BCUT2D eigenvalue weighted by molar-refractivity contribution is 7.88. The van der Waals surface area contributed by atoms with Crippen LogP contribution in [0, 0.1) is 0 Å². The predicted molar refractivity (Wildman–Crippen MR) is 119 cm³/mol. The van der Waals surface area contributed by atoms with Gasteiger partial charge >= 0.3 is 5.97 Å². The number of ether oxygens (including phenoxy) is 2. The van der Waals surface area contributed by atoms with Crippen molar-refractivity contribution in [3.05, 3.63) is 95.6 Å². The van der Waals surface area contributed by atoms with Gasteiger partial charge in [0.05, 0.1) is 19.8 Å². The van der Waals surface area contributed by atoms with E-state index in [0.717, 1.165) is 22.4 Å². The summed E-state index contributed by atoms with van der Waals surface area (Å²) in [5.41, 5.74) is 2.42. The zero-order valence-corrected chi connectivity index (χ0v) is 18.3. The van der Waals surface area contributed by atoms with E-state index >= 15 is 0 Å². The maximum Gasteiger partial charge on any atom is 0.309 e. The largest absolute Gasteiger partial charge is 0.469 e. The number of rotatable bonds is 9. The van der Waals surface area contributed by atoms with Gasteiger partial charge in [-0.25, -0.2) is 8.42 Å². The molecule has 0 amide bonds. The summed E-state index contributed by atoms with van der Waals surface area (Å²) in [6.45, 7) is 0.432. The Hall–Kier alpha value is -3.16. The number of carbonyl (C=O) groups is 1. The average Bonchev–Trinajstić information content (AvgIpc) is 2.75. The highest BCUT2D eigenvalue weighted by atomic mass is 32.2. The molecule has 0 spiro atoms. The lowest BCUT2D eigenvalue weighted by Gasteiger charge is -2.20. The first-order chi connectivity index (χ1) is 14.8. The normalized spacial score (nSPS) is 11.3. The van der Waals surface area contributed by atoms with Gasteiger partial charge in [-0.05, 0) is 41.0 Å². The molecule has 0 heterocycles. The van der Waals surface area contributed by atoms with Crippen LogP contribution in [0.1, 0.15) is 16.7 Å². The van der Waals surface area contributed by atoms with Crippen molar-refractivity contribution in [1.29, 1.82) is 0 Å². The van der Waals surface area contributed by atoms with Crippen LogP contribution in [0.4, 0.5) is 0 Å². The minimum absolute atomic E-state index is 0.145. The summed E-state index contributed by atoms with van der Waals surface area (Å²) in [5, 5.41) is 0. The Morgan fingerprint density at radius 2 is 1.42 bits per heavy atom. The van der Waals surface area contributed by atoms with E-state index in [0.29, 0.717) is 5.75 Å². The van der Waals surface area contributed by atoms with Gasteiger partial charge in [0.1, 0.15) is 11.5 Å². The molecule has 0 aliphatic carbocycles. The van der Waals surface area contributed by atoms with Crippen molar-refractivity contribution in [1.82, 2.24) is 4.31 Å². The molecule has 162 valence electrons. The molecule has 0 atom stereocenters. The number of sulfonamides is 1. The number of esters is 1. The van der Waals surface area contributed by atoms with Crippen LogP contribution in [-0.2, 0) is 39.1 Å². The fourth-order valence-electron chi connectivity index (χ4n) is 3.06. The van der Waals surface area contributed by atoms with E-state index in [2.05, 4.69) is 0 Å². The van der Waals surface area contributed by atoms with E-state index in [4.69, 9.17) is 9.47 Å². The first kappa shape index (κ1) is 22.5. The zero-order valence-electron chi connectivity index (χ0n) is 17.5. The van der Waals surface area contributed by atoms with Crippen molar-refractivity contribution in [2.24, 2.45) is 0 Å². The Morgan fingerprint density at radius 1 is 0.806 bits per heavy atom. The Balaban J connectivity index is 1.71. The summed E-state index contributed by atoms with van der Waals surface area (Å²) >= 11 is 0. The molecule has 0 aliphatic rings. The van der Waals surface area contributed by atoms with Gasteiger partial charge < -0.3 is 9.47 Å². The Labute approximate surface area is 183 Å². The van der Waals surface area contributed by atoms with Gasteiger partial charge in [-0.1, -0.05) is 54.6 Å². The van der Waals surface area contributed by atoms with E-state index in [-0.39, 0.29) is 25.5 Å². The lowest BCUT2D eigenvalue weighted by molar-refractivity contribution is -0.139. The standard InChI is InChI=1S/C24H25NO5S/c1-29-24(26)16-20-7-6-8-21(15-20)18-25(31(2,27)28)17-19-11-13-23(14-12-19)30-22-9-4-3-5-10-22/h3-15H,16-18H2,1-2H3. The molecule has 3 aromatic carbocycles. The lowest BCUT2D eigenvalue weighted by Crippen LogP contribution is -2.29. The van der Waals surface area contributed by atoms with E-state index in [1.807, 2.05) is 78.9 Å². The number of methoxy groups -OCH3 is 1. The molecule has 0 saturated heterocycles. The summed E-state index contributed by atoms with van der Waals surface area (Å²) < 4.78 is 36.7. The van der Waals surface area contributed by atoms with E-state index in [1.54, 1.807) is 0 Å². The van der Waals surface area contributed by atoms with E-state index < -0.39 is 10.0 Å². The molecule has 31 heavy (non-hydrogen) atoms. The lowest BCUT2D eigenvalue weighted by atomic mass is 10.1. The third-order valence-corrected chi connectivity index (χ3v) is 5.85. The second-order valence-corrected chi connectivity index (χ2v) is 9.15. The molecule has 0 N–H and O–H groups in total. The molecule has 0 unspecified atom stereocenters. The van der Waals surface area contributed by atoms with Crippen molar-refractivity contribution < 1.29 is 22.7 Å². The maximum absolute atomic E-state index is 12.4. The van der Waals surface area contributed by atoms with Crippen LogP contribution in [0.5, 0.6) is 11.5 Å². The topological polar surface area (TPSA) is 72.9 Å². The number of nitrogens with zero attached hydrogens (tertiary/aromatic N) is 1. The molecular formula is C24H25NO5S. The third-order valence-electron chi connectivity index (χ3n) is 4.66. The van der Waals surface area contributed by atoms with Crippen molar-refractivity contribution in [2.45, 2.75) is 19.5 Å². The Bertz CT molecular complexity index is 1110. The van der Waals surface area contributed by atoms with Gasteiger partial charge in [-0.3, -0.25) is 4.79 Å². The monoisotopic (exact) mass is 439 g/mol. The molecule has 7 heteroatoms. The maximum atomic E-state index is 12.4. The first-order valence-corrected chi connectivity index (χ1v) is 11.6. The van der Waals surface area contributed by atoms with Crippen LogP contribution < -0.4 is 4.74 Å². The molecular weight excluding hydrogens is 414 g/mol. The summed E-state index contributed by atoms with van der Waals surface area (Å²) in [6, 6.07) is 24.1. The minimum atomic E-state index is -3.45. The minimum Gasteiger partial charge on any atom is -0.469 e. The number of hydrogen-bond donors (Lipinski definition) is 0. The number of para-hydroxylation sites is 1. The van der Waals surface area contributed by atoms with Gasteiger partial charge in [-0.2, -0.15) is 4.31 Å². The summed E-state index contributed by atoms with van der Waals surface area (Å²) in [6.07, 6.45) is 1.34. The second-order valence-electron chi connectivity index (χ2n) is 7.16. The number of carbonyl (C=O) groups excluding carboxylic acids is 1. The number of hydrogen-bond acceptors (Lipinski definition) is 5. The summed E-state index contributed by atoms with van der Waals surface area (Å²) in [7, 11) is -2.11. The molecule has 3 rings (SSSR count). The van der Waals surface area contributed by atoms with E-state index in [9.17, 15) is 13.2 Å². The molecule has 0 saturated carbocycles. The quantitative estimate of drug-likeness (QED) is 0.468. The highest BCUT2D eigenvalue weighted by Crippen LogP contribution is 2.22. The third kappa shape index (κ3) is 6.94. The van der Waals surface area contributed by atoms with Crippen molar-refractivity contribution >= 4 is 16.0 Å². The van der Waals surface area contributed by atoms with Crippen LogP contribution in [0.3, 0.4) is 0 Å². The van der Waals surface area contributed by atoms with Gasteiger partial charge in [-0.15, -0.1) is 0 Å². The molecule has 0 aromatic heterocycles. The molecule has 0 fully saturated rings. The highest BCUT2D eigenvalue weighted by Gasteiger charge is 2.18. The van der Waals surface area contributed by atoms with E-state index in [1.165, 1.54) is 17.7 Å². The molecule has 0 aliphatic heterocycles. The van der Waals surface area contributed by atoms with Gasteiger partial charge in [0.2, 0.25) is 10.0 Å². The number of benzene rings is 3. The van der Waals surface area contributed by atoms with Gasteiger partial charge in [0, 0.05) is 13.1 Å². The predicted octanol–water partition coefficient (Wildman–Crippen LogP) is 4.16. The molecule has 0 bridgehead atoms. The van der Waals surface area contributed by atoms with Gasteiger partial charge in [0.15, 0.2) is 0 Å². The second kappa shape index (κ2) is 10.2. The fourth-order valence-corrected chi connectivity index (χ4v) is 3.83. The van der Waals surface area contributed by atoms with Crippen molar-refractivity contribution in [3.63, 3.8) is 0 Å². The van der Waals surface area contributed by atoms with Crippen LogP contribution in [-0.4, -0.2) is 32.1 Å². The first-order valence-electron chi connectivity index (χ1n) is 9.75.